The van der Waals surface area contributed by atoms with Crippen LogP contribution in [0.15, 0.2) is 53.6 Å². The fraction of sp³-hybridized carbons (Fsp3) is 0.300. The van der Waals surface area contributed by atoms with Crippen LogP contribution in [0.5, 0.6) is 5.75 Å². The molecule has 1 aliphatic rings. The zero-order chi connectivity index (χ0) is 19.5. The Labute approximate surface area is 159 Å². The van der Waals surface area contributed by atoms with Crippen molar-refractivity contribution in [3.05, 3.63) is 54.1 Å². The molecule has 3 N–H and O–H groups in total. The molecule has 0 radical (unpaired) electrons. The molecule has 0 unspecified atom stereocenters. The van der Waals surface area contributed by atoms with Gasteiger partial charge >= 0.3 is 0 Å². The number of nitrogens with one attached hydrogen (secondary N) is 1. The lowest BCUT2D eigenvalue weighted by Gasteiger charge is -2.31. The predicted molar refractivity (Wildman–Crippen MR) is 108 cm³/mol. The van der Waals surface area contributed by atoms with Crippen LogP contribution in [0.1, 0.15) is 18.9 Å². The van der Waals surface area contributed by atoms with Gasteiger partial charge in [0.2, 0.25) is 5.90 Å². The van der Waals surface area contributed by atoms with E-state index in [0.717, 1.165) is 36.8 Å². The first-order valence-electron chi connectivity index (χ1n) is 8.82. The number of carbonyl (C=O) groups is 1. The Morgan fingerprint density at radius 2 is 2.11 bits per heavy atom. The molecule has 0 aromatic heterocycles. The highest BCUT2D eigenvalue weighted by Gasteiger charge is 2.18. The quantitative estimate of drug-likeness (QED) is 0.277. The van der Waals surface area contributed by atoms with E-state index < -0.39 is 0 Å². The summed E-state index contributed by atoms with van der Waals surface area (Å²) in [6.45, 7) is 4.72. The number of anilines is 2. The van der Waals surface area contributed by atoms with Gasteiger partial charge in [0.15, 0.2) is 0 Å². The van der Waals surface area contributed by atoms with Crippen molar-refractivity contribution in [1.82, 2.24) is 5.43 Å². The summed E-state index contributed by atoms with van der Waals surface area (Å²) in [6, 6.07) is 16.3. The molecule has 0 bridgehead atoms. The summed E-state index contributed by atoms with van der Waals surface area (Å²) in [5.41, 5.74) is 11.5. The van der Waals surface area contributed by atoms with Crippen LogP contribution in [0, 0.1) is 0 Å². The van der Waals surface area contributed by atoms with Gasteiger partial charge in [-0.3, -0.25) is 4.79 Å². The highest BCUT2D eigenvalue weighted by atomic mass is 16.5. The van der Waals surface area contributed by atoms with E-state index in [-0.39, 0.29) is 0 Å². The van der Waals surface area contributed by atoms with Gasteiger partial charge in [-0.05, 0) is 23.8 Å². The number of nitrogens with zero attached hydrogens (tertiary/aromatic N) is 2. The molecule has 3 rings (SSSR count). The number of nitrogens with two attached hydrogens (primary N) is 1. The summed E-state index contributed by atoms with van der Waals surface area (Å²) in [5, 5.41) is 3.65. The van der Waals surface area contributed by atoms with Crippen LogP contribution in [-0.4, -0.2) is 32.6 Å². The summed E-state index contributed by atoms with van der Waals surface area (Å²) in [7, 11) is 1.64. The maximum atomic E-state index is 9.72. The van der Waals surface area contributed by atoms with Gasteiger partial charge in [-0.2, -0.15) is 0 Å². The lowest BCUT2D eigenvalue weighted by molar-refractivity contribution is -0.121. The lowest BCUT2D eigenvalue weighted by atomic mass is 10.1. The molecule has 0 saturated carbocycles. The van der Waals surface area contributed by atoms with Gasteiger partial charge in [-0.1, -0.05) is 37.3 Å². The largest absolute Gasteiger partial charge is 0.490 e. The van der Waals surface area contributed by atoms with Crippen molar-refractivity contribution in [3.8, 4) is 5.75 Å². The Balaban J connectivity index is 0.000000249. The minimum atomic E-state index is 0.361. The molecule has 2 aromatic rings. The first-order valence-corrected chi connectivity index (χ1v) is 8.82. The van der Waals surface area contributed by atoms with Crippen LogP contribution in [0.4, 0.5) is 11.4 Å². The number of benzene rings is 2. The number of hydrazone groups is 1. The van der Waals surface area contributed by atoms with Crippen LogP contribution in [-0.2, 0) is 16.1 Å². The molecular weight excluding hydrogens is 344 g/mol. The van der Waals surface area contributed by atoms with E-state index in [0.29, 0.717) is 18.8 Å². The third-order valence-electron chi connectivity index (χ3n) is 3.88. The average Bonchev–Trinajstić information content (AvgIpc) is 2.69. The minimum Gasteiger partial charge on any atom is -0.490 e. The normalized spacial score (nSPS) is 12.8. The minimum absolute atomic E-state index is 0.361. The van der Waals surface area contributed by atoms with Crippen LogP contribution in [0.25, 0.3) is 0 Å². The van der Waals surface area contributed by atoms with E-state index in [1.807, 2.05) is 31.2 Å². The molecular formula is C20H26N4O3. The molecule has 144 valence electrons. The maximum Gasteiger partial charge on any atom is 0.299 e. The van der Waals surface area contributed by atoms with Gasteiger partial charge in [0, 0.05) is 25.7 Å². The van der Waals surface area contributed by atoms with E-state index in [2.05, 4.69) is 44.4 Å². The molecule has 0 fully saturated rings. The number of rotatable bonds is 5. The number of carbonyl (C=O) groups excluding carboxylic acids is 1. The van der Waals surface area contributed by atoms with Gasteiger partial charge < -0.3 is 25.5 Å². The van der Waals surface area contributed by atoms with Crippen molar-refractivity contribution in [1.29, 1.82) is 0 Å². The van der Waals surface area contributed by atoms with Crippen LogP contribution in [0.3, 0.4) is 0 Å². The molecule has 0 saturated heterocycles. The lowest BCUT2D eigenvalue weighted by Crippen LogP contribution is -2.32. The smallest absolute Gasteiger partial charge is 0.299 e. The molecule has 2 aromatic carbocycles. The van der Waals surface area contributed by atoms with Crippen molar-refractivity contribution < 1.29 is 14.3 Å². The number of ether oxygens (including phenoxy) is 2. The average molecular weight is 370 g/mol. The van der Waals surface area contributed by atoms with E-state index in [1.165, 1.54) is 5.56 Å². The highest BCUT2D eigenvalue weighted by Crippen LogP contribution is 2.34. The van der Waals surface area contributed by atoms with Gasteiger partial charge in [-0.25, -0.2) is 0 Å². The topological polar surface area (TPSA) is 89.2 Å². The van der Waals surface area contributed by atoms with Crippen molar-refractivity contribution in [2.75, 3.05) is 30.8 Å². The zero-order valence-corrected chi connectivity index (χ0v) is 15.7. The summed E-state index contributed by atoms with van der Waals surface area (Å²) in [4.78, 5) is 12.0. The van der Waals surface area contributed by atoms with Gasteiger partial charge in [0.05, 0.1) is 12.2 Å². The predicted octanol–water partition coefficient (Wildman–Crippen LogP) is 2.77. The zero-order valence-electron chi connectivity index (χ0n) is 15.7. The van der Waals surface area contributed by atoms with Gasteiger partial charge in [-0.15, -0.1) is 5.10 Å². The SMILES string of the molecule is CC/C(=N/NC)OC=O.Nc1ccc2c(c1)N(Cc1ccccc1)CCO2. The number of fused-ring (bicyclic) bond motifs is 1. The van der Waals surface area contributed by atoms with Gasteiger partial charge in [0.1, 0.15) is 12.4 Å². The third kappa shape index (κ3) is 6.22. The Hall–Kier alpha value is -3.22. The second-order valence-corrected chi connectivity index (χ2v) is 5.78. The molecule has 7 nitrogen and oxygen atoms in total. The second kappa shape index (κ2) is 10.7. The summed E-state index contributed by atoms with van der Waals surface area (Å²) in [5.74, 6) is 1.32. The molecule has 0 amide bonds. The van der Waals surface area contributed by atoms with Crippen LogP contribution < -0.4 is 20.8 Å². The van der Waals surface area contributed by atoms with Crippen molar-refractivity contribution >= 4 is 23.7 Å². The second-order valence-electron chi connectivity index (χ2n) is 5.78. The first-order chi connectivity index (χ1) is 13.2. The van der Waals surface area contributed by atoms with E-state index in [4.69, 9.17) is 10.5 Å². The molecule has 7 heteroatoms. The van der Waals surface area contributed by atoms with Crippen molar-refractivity contribution in [2.45, 2.75) is 19.9 Å². The van der Waals surface area contributed by atoms with Crippen molar-refractivity contribution in [3.63, 3.8) is 0 Å². The molecule has 1 aliphatic heterocycles. The van der Waals surface area contributed by atoms with E-state index >= 15 is 0 Å². The fourth-order valence-electron chi connectivity index (χ4n) is 2.63. The fourth-order valence-corrected chi connectivity index (χ4v) is 2.63. The van der Waals surface area contributed by atoms with Crippen LogP contribution >= 0.6 is 0 Å². The molecule has 0 aliphatic carbocycles. The van der Waals surface area contributed by atoms with Gasteiger partial charge in [0.25, 0.3) is 6.47 Å². The Morgan fingerprint density at radius 3 is 2.78 bits per heavy atom. The monoisotopic (exact) mass is 370 g/mol. The maximum absolute atomic E-state index is 9.72. The third-order valence-corrected chi connectivity index (χ3v) is 3.88. The molecule has 1 heterocycles. The van der Waals surface area contributed by atoms with Crippen molar-refractivity contribution in [2.24, 2.45) is 5.10 Å². The molecule has 0 atom stereocenters. The number of hydrogen-bond donors (Lipinski definition) is 2. The standard InChI is InChI=1S/C15H16N2O.C5H10N2O2/c16-13-6-7-15-14(10-13)17(8-9-18-15)11-12-4-2-1-3-5-12;1-3-5(7-6-2)9-4-8/h1-7,10H,8-9,11,16H2;4,6H,3H2,1-2H3/b;7-5-. The van der Waals surface area contributed by atoms with E-state index in [9.17, 15) is 4.79 Å². The first kappa shape index (κ1) is 20.1. The summed E-state index contributed by atoms with van der Waals surface area (Å²) < 4.78 is 10.1. The Bertz CT molecular complexity index is 750. The molecule has 27 heavy (non-hydrogen) atoms. The Kier molecular flexibility index (Phi) is 7.96. The molecule has 0 spiro atoms. The van der Waals surface area contributed by atoms with E-state index in [1.54, 1.807) is 7.05 Å². The summed E-state index contributed by atoms with van der Waals surface area (Å²) in [6.07, 6.45) is 0.611. The number of hydrogen-bond acceptors (Lipinski definition) is 7. The highest BCUT2D eigenvalue weighted by molar-refractivity contribution is 5.81. The number of nitrogen functional groups attached to an aromatic ring is 1. The van der Waals surface area contributed by atoms with Crippen LogP contribution in [0.2, 0.25) is 0 Å². The summed E-state index contributed by atoms with van der Waals surface area (Å²) >= 11 is 0. The Morgan fingerprint density at radius 1 is 1.33 bits per heavy atom.